The number of aromatic nitrogens is 2. The molecule has 2 aromatic heterocycles. The van der Waals surface area contributed by atoms with Gasteiger partial charge in [-0.2, -0.15) is 5.11 Å². The molecule has 0 bridgehead atoms. The maximum Gasteiger partial charge on any atom is 0.303 e. The zero-order chi connectivity index (χ0) is 25.9. The van der Waals surface area contributed by atoms with Crippen molar-refractivity contribution in [3.8, 4) is 0 Å². The van der Waals surface area contributed by atoms with Crippen LogP contribution in [0.3, 0.4) is 0 Å². The molecule has 10 nitrogen and oxygen atoms in total. The first-order chi connectivity index (χ1) is 17.9. The second kappa shape index (κ2) is 10.7. The number of carboxylic acid groups (broad SMARTS) is 1. The van der Waals surface area contributed by atoms with Gasteiger partial charge in [-0.05, 0) is 47.2 Å². The Morgan fingerprint density at radius 1 is 1.16 bits per heavy atom. The molecule has 1 unspecified atom stereocenters. The van der Waals surface area contributed by atoms with E-state index in [-0.39, 0.29) is 41.3 Å². The van der Waals surface area contributed by atoms with E-state index in [9.17, 15) is 14.4 Å². The summed E-state index contributed by atoms with van der Waals surface area (Å²) in [6.45, 7) is 0.184. The Kier molecular flexibility index (Phi) is 7.26. The second-order valence-corrected chi connectivity index (χ2v) is 10.6. The lowest BCUT2D eigenvalue weighted by atomic mass is 10.1. The highest BCUT2D eigenvalue weighted by Gasteiger charge is 2.33. The third-order valence-corrected chi connectivity index (χ3v) is 7.91. The fourth-order valence-corrected chi connectivity index (χ4v) is 6.00. The van der Waals surface area contributed by atoms with Crippen LogP contribution >= 0.6 is 35.7 Å². The molecule has 186 valence electrons. The number of pyridine rings is 1. The summed E-state index contributed by atoms with van der Waals surface area (Å²) >= 11 is 7.59. The third kappa shape index (κ3) is 5.24. The molecule has 37 heavy (non-hydrogen) atoms. The molecule has 0 aliphatic carbocycles. The molecule has 1 atom stereocenters. The summed E-state index contributed by atoms with van der Waals surface area (Å²) in [6, 6.07) is 14.3. The van der Waals surface area contributed by atoms with E-state index in [1.54, 1.807) is 24.4 Å². The maximum atomic E-state index is 13.5. The van der Waals surface area contributed by atoms with Gasteiger partial charge in [0, 0.05) is 19.2 Å². The number of thioether (sulfide) groups is 2. The molecular weight excluding hydrogens is 533 g/mol. The number of carboxylic acids is 1. The van der Waals surface area contributed by atoms with Gasteiger partial charge < -0.3 is 5.11 Å². The minimum absolute atomic E-state index is 0.0758. The molecule has 5 rings (SSSR count). The van der Waals surface area contributed by atoms with Gasteiger partial charge in [0.2, 0.25) is 0 Å². The Morgan fingerprint density at radius 2 is 1.95 bits per heavy atom. The Bertz CT molecular complexity index is 1570. The van der Waals surface area contributed by atoms with E-state index in [0.717, 1.165) is 17.3 Å². The molecule has 3 aromatic rings. The lowest BCUT2D eigenvalue weighted by molar-refractivity contribution is -0.137. The van der Waals surface area contributed by atoms with E-state index in [1.165, 1.54) is 27.1 Å². The van der Waals surface area contributed by atoms with Crippen molar-refractivity contribution in [2.24, 2.45) is 15.4 Å². The predicted molar refractivity (Wildman–Crippen MR) is 146 cm³/mol. The van der Waals surface area contributed by atoms with Crippen molar-refractivity contribution in [3.05, 3.63) is 81.1 Å². The molecule has 0 saturated carbocycles. The van der Waals surface area contributed by atoms with Crippen LogP contribution < -0.4 is 5.56 Å². The quantitative estimate of drug-likeness (QED) is 0.261. The highest BCUT2D eigenvalue weighted by atomic mass is 32.2. The number of amides is 1. The Labute approximate surface area is 224 Å². The van der Waals surface area contributed by atoms with Crippen molar-refractivity contribution in [2.45, 2.75) is 23.9 Å². The third-order valence-electron chi connectivity index (χ3n) is 5.52. The number of hydrogen-bond donors (Lipinski definition) is 1. The lowest BCUT2D eigenvalue weighted by Gasteiger charge is -2.13. The van der Waals surface area contributed by atoms with Crippen molar-refractivity contribution in [2.75, 3.05) is 6.54 Å². The Morgan fingerprint density at radius 3 is 2.73 bits per heavy atom. The number of aliphatic carboxylic acids is 1. The molecule has 2 aliphatic heterocycles. The summed E-state index contributed by atoms with van der Waals surface area (Å²) in [5, 5.41) is 22.1. The molecule has 13 heteroatoms. The van der Waals surface area contributed by atoms with E-state index in [1.807, 2.05) is 30.3 Å². The van der Waals surface area contributed by atoms with Gasteiger partial charge >= 0.3 is 5.97 Å². The summed E-state index contributed by atoms with van der Waals surface area (Å²) in [5.41, 5.74) is 1.20. The fourth-order valence-electron chi connectivity index (χ4n) is 3.74. The van der Waals surface area contributed by atoms with Gasteiger partial charge in [0.25, 0.3) is 11.5 Å². The molecule has 0 spiro atoms. The number of benzene rings is 1. The normalized spacial score (nSPS) is 18.3. The summed E-state index contributed by atoms with van der Waals surface area (Å²) in [5.74, 6) is -1.32. The van der Waals surface area contributed by atoms with Crippen molar-refractivity contribution >= 4 is 68.7 Å². The number of fused-ring (bicyclic) bond motifs is 1. The maximum absolute atomic E-state index is 13.5. The summed E-state index contributed by atoms with van der Waals surface area (Å²) < 4.78 is 1.72. The summed E-state index contributed by atoms with van der Waals surface area (Å²) in [7, 11) is 0. The van der Waals surface area contributed by atoms with Crippen LogP contribution in [0.5, 0.6) is 0 Å². The molecule has 4 heterocycles. The Balaban J connectivity index is 1.51. The van der Waals surface area contributed by atoms with Gasteiger partial charge in [0.05, 0.1) is 10.5 Å². The van der Waals surface area contributed by atoms with Crippen LogP contribution in [0.4, 0.5) is 0 Å². The molecular formula is C24H18N6O4S3. The van der Waals surface area contributed by atoms with E-state index in [2.05, 4.69) is 20.4 Å². The fraction of sp³-hybridized carbons (Fsp3) is 0.167. The number of nitrogens with zero attached hydrogens (tertiary/aromatic N) is 6. The highest BCUT2D eigenvalue weighted by molar-refractivity contribution is 8.26. The van der Waals surface area contributed by atoms with E-state index in [4.69, 9.17) is 17.3 Å². The SMILES string of the molecule is O=C(O)CCCN1C(=O)/C(=C/c2c(SC3=NN=NC3c3ccccc3)nc3ccccn3c2=O)SC1=S. The monoisotopic (exact) mass is 550 g/mol. The molecule has 1 amide bonds. The summed E-state index contributed by atoms with van der Waals surface area (Å²) in [6.07, 6.45) is 3.30. The first-order valence-electron chi connectivity index (χ1n) is 11.1. The van der Waals surface area contributed by atoms with E-state index >= 15 is 0 Å². The van der Waals surface area contributed by atoms with Crippen LogP contribution in [-0.4, -0.2) is 47.2 Å². The second-order valence-electron chi connectivity index (χ2n) is 7.95. The van der Waals surface area contributed by atoms with Gasteiger partial charge in [-0.3, -0.25) is 23.7 Å². The number of carbonyl (C=O) groups is 2. The van der Waals surface area contributed by atoms with Crippen molar-refractivity contribution < 1.29 is 14.7 Å². The number of thiocarbonyl (C=S) groups is 1. The first-order valence-corrected chi connectivity index (χ1v) is 13.2. The molecule has 0 radical (unpaired) electrons. The van der Waals surface area contributed by atoms with Crippen LogP contribution in [-0.2, 0) is 9.59 Å². The van der Waals surface area contributed by atoms with Gasteiger partial charge in [-0.1, -0.05) is 60.4 Å². The molecule has 1 saturated heterocycles. The van der Waals surface area contributed by atoms with Crippen LogP contribution in [0.1, 0.15) is 30.0 Å². The average Bonchev–Trinajstić information content (AvgIpc) is 3.46. The standard InChI is InChI=1S/C24H18N6O4S3/c31-18(32)10-6-12-30-23(34)16(36-24(30)35)13-15-20(25-17-9-4-5-11-29(17)22(15)33)37-21-19(26-28-27-21)14-7-2-1-3-8-14/h1-5,7-9,11,13,19H,6,10,12H2,(H,31,32)/b16-13-. The van der Waals surface area contributed by atoms with Crippen molar-refractivity contribution in [3.63, 3.8) is 0 Å². The van der Waals surface area contributed by atoms with Gasteiger partial charge in [-0.15, -0.1) is 5.10 Å². The molecule has 1 N–H and O–H groups in total. The van der Waals surface area contributed by atoms with Gasteiger partial charge in [0.1, 0.15) is 26.1 Å². The lowest BCUT2D eigenvalue weighted by Crippen LogP contribution is -2.29. The zero-order valence-corrected chi connectivity index (χ0v) is 21.5. The minimum Gasteiger partial charge on any atom is -0.481 e. The highest BCUT2D eigenvalue weighted by Crippen LogP contribution is 2.37. The molecule has 2 aliphatic rings. The number of hydrogen-bond acceptors (Lipinski definition) is 10. The average molecular weight is 551 g/mol. The summed E-state index contributed by atoms with van der Waals surface area (Å²) in [4.78, 5) is 43.8. The number of rotatable bonds is 7. The van der Waals surface area contributed by atoms with E-state index in [0.29, 0.717) is 20.0 Å². The Hall–Kier alpha value is -3.68. The van der Waals surface area contributed by atoms with Crippen LogP contribution in [0, 0.1) is 0 Å². The van der Waals surface area contributed by atoms with Crippen molar-refractivity contribution in [1.29, 1.82) is 0 Å². The predicted octanol–water partition coefficient (Wildman–Crippen LogP) is 4.37. The zero-order valence-electron chi connectivity index (χ0n) is 19.1. The molecule has 1 aromatic carbocycles. The van der Waals surface area contributed by atoms with Crippen LogP contribution in [0.25, 0.3) is 11.7 Å². The van der Waals surface area contributed by atoms with Crippen molar-refractivity contribution in [1.82, 2.24) is 14.3 Å². The smallest absolute Gasteiger partial charge is 0.303 e. The van der Waals surface area contributed by atoms with Crippen LogP contribution in [0.2, 0.25) is 0 Å². The molecule has 1 fully saturated rings. The largest absolute Gasteiger partial charge is 0.481 e. The van der Waals surface area contributed by atoms with Gasteiger partial charge in [0.15, 0.2) is 0 Å². The van der Waals surface area contributed by atoms with E-state index < -0.39 is 12.0 Å². The minimum atomic E-state index is -0.944. The topological polar surface area (TPSA) is 129 Å². The van der Waals surface area contributed by atoms with Crippen LogP contribution in [0.15, 0.2) is 84.9 Å². The first kappa shape index (κ1) is 25.0. The number of carbonyl (C=O) groups excluding carboxylic acids is 1. The van der Waals surface area contributed by atoms with Gasteiger partial charge in [-0.25, -0.2) is 4.98 Å².